The topological polar surface area (TPSA) is 52.7 Å². The summed E-state index contributed by atoms with van der Waals surface area (Å²) in [6, 6.07) is 0.816. The number of nitrogens with zero attached hydrogens (tertiary/aromatic N) is 2. The lowest BCUT2D eigenvalue weighted by atomic mass is 9.93. The van der Waals surface area contributed by atoms with Crippen molar-refractivity contribution in [2.45, 2.75) is 71.4 Å². The third-order valence-corrected chi connectivity index (χ3v) is 5.36. The fourth-order valence-electron chi connectivity index (χ4n) is 3.96. The predicted octanol–water partition coefficient (Wildman–Crippen LogP) is 2.01. The van der Waals surface area contributed by atoms with E-state index in [0.717, 1.165) is 64.7 Å². The van der Waals surface area contributed by atoms with Gasteiger partial charge < -0.3 is 10.2 Å². The zero-order valence-electron chi connectivity index (χ0n) is 15.0. The van der Waals surface area contributed by atoms with Crippen molar-refractivity contribution in [3.05, 3.63) is 0 Å². The first kappa shape index (κ1) is 18.2. The van der Waals surface area contributed by atoms with E-state index in [4.69, 9.17) is 0 Å². The van der Waals surface area contributed by atoms with Crippen molar-refractivity contribution in [2.24, 2.45) is 5.92 Å². The molecule has 2 fully saturated rings. The summed E-state index contributed by atoms with van der Waals surface area (Å²) in [7, 11) is 0. The SMILES string of the molecule is CCCC(C)NC(=O)C1CCCN(C2CCN(C(C)=O)CC2)C1. The van der Waals surface area contributed by atoms with Gasteiger partial charge in [-0.2, -0.15) is 0 Å². The number of nitrogens with one attached hydrogen (secondary N) is 1. The van der Waals surface area contributed by atoms with Crippen molar-refractivity contribution in [1.82, 2.24) is 15.1 Å². The van der Waals surface area contributed by atoms with Crippen LogP contribution in [0.1, 0.15) is 59.3 Å². The summed E-state index contributed by atoms with van der Waals surface area (Å²) in [6.07, 6.45) is 6.35. The largest absolute Gasteiger partial charge is 0.353 e. The van der Waals surface area contributed by atoms with E-state index in [1.165, 1.54) is 0 Å². The smallest absolute Gasteiger partial charge is 0.224 e. The van der Waals surface area contributed by atoms with Gasteiger partial charge in [0, 0.05) is 38.6 Å². The molecule has 23 heavy (non-hydrogen) atoms. The minimum atomic E-state index is 0.133. The average molecular weight is 323 g/mol. The number of hydrogen-bond acceptors (Lipinski definition) is 3. The van der Waals surface area contributed by atoms with Crippen LogP contribution in [-0.4, -0.2) is 59.9 Å². The van der Waals surface area contributed by atoms with Crippen LogP contribution in [-0.2, 0) is 9.59 Å². The monoisotopic (exact) mass is 323 g/mol. The summed E-state index contributed by atoms with van der Waals surface area (Å²) >= 11 is 0. The Balaban J connectivity index is 1.81. The van der Waals surface area contributed by atoms with E-state index in [9.17, 15) is 9.59 Å². The zero-order chi connectivity index (χ0) is 16.8. The van der Waals surface area contributed by atoms with Crippen LogP contribution in [0.2, 0.25) is 0 Å². The summed E-state index contributed by atoms with van der Waals surface area (Å²) in [4.78, 5) is 28.3. The molecule has 2 heterocycles. The quantitative estimate of drug-likeness (QED) is 0.842. The van der Waals surface area contributed by atoms with Gasteiger partial charge in [-0.15, -0.1) is 0 Å². The van der Waals surface area contributed by atoms with Gasteiger partial charge in [0.2, 0.25) is 11.8 Å². The molecule has 5 heteroatoms. The molecule has 2 amide bonds. The lowest BCUT2D eigenvalue weighted by Crippen LogP contribution is -2.51. The van der Waals surface area contributed by atoms with Crippen LogP contribution in [0.15, 0.2) is 0 Å². The van der Waals surface area contributed by atoms with Crippen LogP contribution < -0.4 is 5.32 Å². The highest BCUT2D eigenvalue weighted by atomic mass is 16.2. The molecule has 2 saturated heterocycles. The molecule has 2 rings (SSSR count). The van der Waals surface area contributed by atoms with E-state index >= 15 is 0 Å². The van der Waals surface area contributed by atoms with Crippen molar-refractivity contribution in [3.63, 3.8) is 0 Å². The Bertz CT molecular complexity index is 405. The van der Waals surface area contributed by atoms with Crippen LogP contribution >= 0.6 is 0 Å². The number of hydrogen-bond donors (Lipinski definition) is 1. The second-order valence-corrected chi connectivity index (χ2v) is 7.27. The van der Waals surface area contributed by atoms with Gasteiger partial charge in [-0.1, -0.05) is 13.3 Å². The van der Waals surface area contributed by atoms with Gasteiger partial charge >= 0.3 is 0 Å². The number of carbonyl (C=O) groups excluding carboxylic acids is 2. The Kier molecular flexibility index (Phi) is 6.88. The van der Waals surface area contributed by atoms with Crippen LogP contribution in [0.3, 0.4) is 0 Å². The maximum Gasteiger partial charge on any atom is 0.224 e. The molecule has 5 nitrogen and oxygen atoms in total. The molecule has 0 radical (unpaired) electrons. The predicted molar refractivity (Wildman–Crippen MR) is 92.1 cm³/mol. The Morgan fingerprint density at radius 3 is 2.48 bits per heavy atom. The molecule has 0 saturated carbocycles. The van der Waals surface area contributed by atoms with E-state index in [2.05, 4.69) is 24.1 Å². The van der Waals surface area contributed by atoms with Gasteiger partial charge in [0.1, 0.15) is 0 Å². The summed E-state index contributed by atoms with van der Waals surface area (Å²) in [6.45, 7) is 9.60. The van der Waals surface area contributed by atoms with Crippen molar-refractivity contribution >= 4 is 11.8 Å². The van der Waals surface area contributed by atoms with E-state index in [1.54, 1.807) is 6.92 Å². The van der Waals surface area contributed by atoms with E-state index in [1.807, 2.05) is 4.90 Å². The molecule has 2 aliphatic rings. The third kappa shape index (κ3) is 5.20. The first-order chi connectivity index (χ1) is 11.0. The van der Waals surface area contributed by atoms with Crippen molar-refractivity contribution in [1.29, 1.82) is 0 Å². The fourth-order valence-corrected chi connectivity index (χ4v) is 3.96. The minimum Gasteiger partial charge on any atom is -0.353 e. The number of piperidine rings is 2. The van der Waals surface area contributed by atoms with Gasteiger partial charge in [0.25, 0.3) is 0 Å². The summed E-state index contributed by atoms with van der Waals surface area (Å²) in [5.74, 6) is 0.551. The van der Waals surface area contributed by atoms with Crippen molar-refractivity contribution in [2.75, 3.05) is 26.2 Å². The molecular weight excluding hydrogens is 290 g/mol. The van der Waals surface area contributed by atoms with E-state index in [0.29, 0.717) is 6.04 Å². The van der Waals surface area contributed by atoms with Crippen LogP contribution in [0.5, 0.6) is 0 Å². The highest BCUT2D eigenvalue weighted by Gasteiger charge is 2.32. The van der Waals surface area contributed by atoms with Crippen LogP contribution in [0.4, 0.5) is 0 Å². The molecule has 0 aliphatic carbocycles. The summed E-state index contributed by atoms with van der Waals surface area (Å²) in [5, 5.41) is 3.18. The first-order valence-corrected chi connectivity index (χ1v) is 9.31. The minimum absolute atomic E-state index is 0.133. The molecule has 2 aliphatic heterocycles. The number of rotatable bonds is 5. The molecular formula is C18H33N3O2. The highest BCUT2D eigenvalue weighted by molar-refractivity contribution is 5.79. The van der Waals surface area contributed by atoms with Gasteiger partial charge in [-0.05, 0) is 45.6 Å². The number of likely N-dealkylation sites (tertiary alicyclic amines) is 2. The Labute approximate surface area is 140 Å². The molecule has 1 N–H and O–H groups in total. The van der Waals surface area contributed by atoms with Crippen molar-refractivity contribution < 1.29 is 9.59 Å². The average Bonchev–Trinajstić information content (AvgIpc) is 2.55. The summed E-state index contributed by atoms with van der Waals surface area (Å²) in [5.41, 5.74) is 0. The van der Waals surface area contributed by atoms with Gasteiger partial charge in [-0.3, -0.25) is 14.5 Å². The maximum absolute atomic E-state index is 12.5. The lowest BCUT2D eigenvalue weighted by molar-refractivity contribution is -0.130. The first-order valence-electron chi connectivity index (χ1n) is 9.31. The summed E-state index contributed by atoms with van der Waals surface area (Å²) < 4.78 is 0. The van der Waals surface area contributed by atoms with Crippen LogP contribution in [0.25, 0.3) is 0 Å². The molecule has 2 unspecified atom stereocenters. The van der Waals surface area contributed by atoms with Crippen LogP contribution in [0, 0.1) is 5.92 Å². The van der Waals surface area contributed by atoms with E-state index < -0.39 is 0 Å². The maximum atomic E-state index is 12.5. The van der Waals surface area contributed by atoms with Gasteiger partial charge in [0.05, 0.1) is 5.92 Å². The van der Waals surface area contributed by atoms with E-state index in [-0.39, 0.29) is 23.8 Å². The highest BCUT2D eigenvalue weighted by Crippen LogP contribution is 2.24. The van der Waals surface area contributed by atoms with Gasteiger partial charge in [-0.25, -0.2) is 0 Å². The molecule has 0 aromatic heterocycles. The molecule has 0 aromatic carbocycles. The Morgan fingerprint density at radius 1 is 1.17 bits per heavy atom. The molecule has 0 aromatic rings. The van der Waals surface area contributed by atoms with Crippen molar-refractivity contribution in [3.8, 4) is 0 Å². The lowest BCUT2D eigenvalue weighted by Gasteiger charge is -2.42. The second-order valence-electron chi connectivity index (χ2n) is 7.27. The number of carbonyl (C=O) groups is 2. The Hall–Kier alpha value is -1.10. The molecule has 0 spiro atoms. The fraction of sp³-hybridized carbons (Fsp3) is 0.889. The number of amides is 2. The second kappa shape index (κ2) is 8.67. The normalized spacial score (nSPS) is 25.2. The Morgan fingerprint density at radius 2 is 1.87 bits per heavy atom. The zero-order valence-corrected chi connectivity index (χ0v) is 15.0. The molecule has 132 valence electrons. The van der Waals surface area contributed by atoms with Gasteiger partial charge in [0.15, 0.2) is 0 Å². The molecule has 2 atom stereocenters. The molecule has 0 bridgehead atoms. The third-order valence-electron chi connectivity index (χ3n) is 5.36. The standard InChI is InChI=1S/C18H33N3O2/c1-4-6-14(2)19-18(23)16-7-5-10-21(13-16)17-8-11-20(12-9-17)15(3)22/h14,16-17H,4-13H2,1-3H3,(H,19,23).